The van der Waals surface area contributed by atoms with E-state index in [0.29, 0.717) is 18.8 Å². The average molecular weight is 316 g/mol. The van der Waals surface area contributed by atoms with Gasteiger partial charge in [-0.2, -0.15) is 5.10 Å². The number of ether oxygens (including phenoxy) is 1. The predicted molar refractivity (Wildman–Crippen MR) is 71.6 cm³/mol. The number of halogens is 1. The molecular formula is C12H18BrN3O2. The smallest absolute Gasteiger partial charge is 0.275 e. The number of carbonyl (C=O) groups is 1. The van der Waals surface area contributed by atoms with E-state index in [9.17, 15) is 4.79 Å². The normalized spacial score (nSPS) is 24.4. The molecule has 5 nitrogen and oxygen atoms in total. The number of hydrogen-bond acceptors (Lipinski definition) is 3. The lowest BCUT2D eigenvalue weighted by molar-refractivity contribution is -0.0587. The summed E-state index contributed by atoms with van der Waals surface area (Å²) in [6, 6.07) is 0. The Hall–Kier alpha value is -0.880. The van der Waals surface area contributed by atoms with Gasteiger partial charge in [0, 0.05) is 20.1 Å². The third-order valence-corrected chi connectivity index (χ3v) is 4.12. The van der Waals surface area contributed by atoms with Crippen LogP contribution in [0.25, 0.3) is 0 Å². The molecule has 0 aliphatic carbocycles. The average Bonchev–Trinajstić information content (AvgIpc) is 2.55. The Labute approximate surface area is 115 Å². The van der Waals surface area contributed by atoms with Crippen LogP contribution in [0, 0.1) is 6.92 Å². The third-order valence-electron chi connectivity index (χ3n) is 3.17. The molecule has 2 rings (SSSR count). The Kier molecular flexibility index (Phi) is 3.77. The van der Waals surface area contributed by atoms with Gasteiger partial charge in [0.2, 0.25) is 0 Å². The van der Waals surface area contributed by atoms with Gasteiger partial charge < -0.3 is 9.64 Å². The molecule has 2 atom stereocenters. The fourth-order valence-electron chi connectivity index (χ4n) is 2.21. The maximum atomic E-state index is 12.4. The van der Waals surface area contributed by atoms with E-state index in [2.05, 4.69) is 21.0 Å². The first-order valence-electron chi connectivity index (χ1n) is 6.04. The van der Waals surface area contributed by atoms with Crippen LogP contribution in [0.1, 0.15) is 30.0 Å². The number of aromatic nitrogens is 2. The summed E-state index contributed by atoms with van der Waals surface area (Å²) >= 11 is 3.44. The van der Waals surface area contributed by atoms with Gasteiger partial charge in [-0.05, 0) is 36.7 Å². The predicted octanol–water partition coefficient (Wildman–Crippen LogP) is 1.74. The maximum Gasteiger partial charge on any atom is 0.275 e. The molecule has 2 heterocycles. The molecule has 0 N–H and O–H groups in total. The summed E-state index contributed by atoms with van der Waals surface area (Å²) in [4.78, 5) is 14.3. The molecule has 6 heteroatoms. The van der Waals surface area contributed by atoms with Crippen LogP contribution >= 0.6 is 15.9 Å². The molecule has 1 aliphatic rings. The van der Waals surface area contributed by atoms with E-state index < -0.39 is 0 Å². The van der Waals surface area contributed by atoms with Crippen molar-refractivity contribution in [2.75, 3.05) is 13.1 Å². The highest BCUT2D eigenvalue weighted by Gasteiger charge is 2.29. The van der Waals surface area contributed by atoms with Crippen LogP contribution < -0.4 is 0 Å². The van der Waals surface area contributed by atoms with E-state index in [-0.39, 0.29) is 18.1 Å². The molecule has 100 valence electrons. The Balaban J connectivity index is 2.23. The number of carbonyl (C=O) groups excluding carboxylic acids is 1. The van der Waals surface area contributed by atoms with E-state index in [4.69, 9.17) is 4.74 Å². The Morgan fingerprint density at radius 1 is 1.39 bits per heavy atom. The van der Waals surface area contributed by atoms with Crippen molar-refractivity contribution >= 4 is 21.8 Å². The molecular weight excluding hydrogens is 298 g/mol. The van der Waals surface area contributed by atoms with Crippen LogP contribution in [0.5, 0.6) is 0 Å². The zero-order valence-corrected chi connectivity index (χ0v) is 12.7. The lowest BCUT2D eigenvalue weighted by Gasteiger charge is -2.34. The number of aryl methyl sites for hydroxylation is 1. The highest BCUT2D eigenvalue weighted by molar-refractivity contribution is 9.10. The van der Waals surface area contributed by atoms with E-state index in [0.717, 1.165) is 10.2 Å². The molecule has 1 amide bonds. The first-order valence-corrected chi connectivity index (χ1v) is 6.83. The lowest BCUT2D eigenvalue weighted by Crippen LogP contribution is -2.48. The molecule has 1 fully saturated rings. The molecule has 0 aromatic carbocycles. The van der Waals surface area contributed by atoms with Crippen molar-refractivity contribution in [1.82, 2.24) is 14.7 Å². The second-order valence-electron chi connectivity index (χ2n) is 4.84. The Morgan fingerprint density at radius 3 is 2.39 bits per heavy atom. The second kappa shape index (κ2) is 5.01. The third kappa shape index (κ3) is 2.44. The van der Waals surface area contributed by atoms with Crippen molar-refractivity contribution in [3.63, 3.8) is 0 Å². The summed E-state index contributed by atoms with van der Waals surface area (Å²) in [6.07, 6.45) is 0.141. The molecule has 1 saturated heterocycles. The van der Waals surface area contributed by atoms with Gasteiger partial charge in [-0.1, -0.05) is 0 Å². The minimum atomic E-state index is -0.0347. The highest BCUT2D eigenvalue weighted by Crippen LogP contribution is 2.23. The van der Waals surface area contributed by atoms with Crippen molar-refractivity contribution in [3.05, 3.63) is 15.9 Å². The summed E-state index contributed by atoms with van der Waals surface area (Å²) < 4.78 is 8.12. The van der Waals surface area contributed by atoms with Crippen LogP contribution in [-0.4, -0.2) is 45.9 Å². The molecule has 1 aliphatic heterocycles. The fraction of sp³-hybridized carbons (Fsp3) is 0.667. The van der Waals surface area contributed by atoms with Gasteiger partial charge in [-0.25, -0.2) is 0 Å². The van der Waals surface area contributed by atoms with Gasteiger partial charge in [0.05, 0.1) is 22.4 Å². The van der Waals surface area contributed by atoms with Gasteiger partial charge in [-0.15, -0.1) is 0 Å². The maximum absolute atomic E-state index is 12.4. The van der Waals surface area contributed by atoms with E-state index in [1.165, 1.54) is 0 Å². The van der Waals surface area contributed by atoms with Crippen molar-refractivity contribution < 1.29 is 9.53 Å². The SMILES string of the molecule is Cc1c(Br)c(C(=O)N2C[C@@H](C)O[C@H](C)C2)nn1C. The minimum Gasteiger partial charge on any atom is -0.372 e. The molecule has 1 aromatic heterocycles. The van der Waals surface area contributed by atoms with Crippen molar-refractivity contribution in [3.8, 4) is 0 Å². The number of amides is 1. The molecule has 18 heavy (non-hydrogen) atoms. The first-order chi connectivity index (χ1) is 8.40. The summed E-state index contributed by atoms with van der Waals surface area (Å²) in [5.74, 6) is -0.0347. The standard InChI is InChI=1S/C12H18BrN3O2/c1-7-5-16(6-8(2)18-7)12(17)11-10(13)9(3)15(4)14-11/h7-8H,5-6H2,1-4H3/t7-,8-/m1/s1. The van der Waals surface area contributed by atoms with Crippen molar-refractivity contribution in [2.45, 2.75) is 33.0 Å². The number of rotatable bonds is 1. The van der Waals surface area contributed by atoms with Gasteiger partial charge in [0.1, 0.15) is 0 Å². The van der Waals surface area contributed by atoms with Crippen LogP contribution in [0.4, 0.5) is 0 Å². The molecule has 1 aromatic rings. The molecule has 0 saturated carbocycles. The fourth-order valence-corrected chi connectivity index (χ4v) is 2.72. The monoisotopic (exact) mass is 315 g/mol. The van der Waals surface area contributed by atoms with E-state index in [1.807, 2.05) is 32.7 Å². The van der Waals surface area contributed by atoms with Crippen LogP contribution in [0.15, 0.2) is 4.47 Å². The Morgan fingerprint density at radius 2 is 1.94 bits per heavy atom. The zero-order valence-electron chi connectivity index (χ0n) is 11.1. The second-order valence-corrected chi connectivity index (χ2v) is 5.63. The van der Waals surface area contributed by atoms with Gasteiger partial charge in [0.25, 0.3) is 5.91 Å². The molecule has 0 spiro atoms. The summed E-state index contributed by atoms with van der Waals surface area (Å²) in [5.41, 5.74) is 1.43. The largest absolute Gasteiger partial charge is 0.372 e. The number of morpholine rings is 1. The summed E-state index contributed by atoms with van der Waals surface area (Å²) in [7, 11) is 1.83. The summed E-state index contributed by atoms with van der Waals surface area (Å²) in [5, 5.41) is 4.27. The highest BCUT2D eigenvalue weighted by atomic mass is 79.9. The van der Waals surface area contributed by atoms with E-state index in [1.54, 1.807) is 4.68 Å². The quantitative estimate of drug-likeness (QED) is 0.793. The van der Waals surface area contributed by atoms with Crippen LogP contribution in [-0.2, 0) is 11.8 Å². The molecule has 0 bridgehead atoms. The number of hydrogen-bond donors (Lipinski definition) is 0. The number of nitrogens with zero attached hydrogens (tertiary/aromatic N) is 3. The molecule has 0 unspecified atom stereocenters. The minimum absolute atomic E-state index is 0.0347. The van der Waals surface area contributed by atoms with Gasteiger partial charge in [-0.3, -0.25) is 9.48 Å². The zero-order chi connectivity index (χ0) is 13.4. The van der Waals surface area contributed by atoms with Crippen molar-refractivity contribution in [1.29, 1.82) is 0 Å². The topological polar surface area (TPSA) is 47.4 Å². The summed E-state index contributed by atoms with van der Waals surface area (Å²) in [6.45, 7) is 7.12. The Bertz CT molecular complexity index is 462. The van der Waals surface area contributed by atoms with Crippen molar-refractivity contribution in [2.24, 2.45) is 7.05 Å². The first kappa shape index (κ1) is 13.5. The van der Waals surface area contributed by atoms with Crippen LogP contribution in [0.2, 0.25) is 0 Å². The van der Waals surface area contributed by atoms with Gasteiger partial charge in [0.15, 0.2) is 5.69 Å². The van der Waals surface area contributed by atoms with Crippen LogP contribution in [0.3, 0.4) is 0 Å². The molecule has 0 radical (unpaired) electrons. The van der Waals surface area contributed by atoms with E-state index >= 15 is 0 Å². The lowest BCUT2D eigenvalue weighted by atomic mass is 10.2. The van der Waals surface area contributed by atoms with Gasteiger partial charge >= 0.3 is 0 Å².